The van der Waals surface area contributed by atoms with Crippen LogP contribution in [0, 0.1) is 0 Å². The molecule has 0 bridgehead atoms. The summed E-state index contributed by atoms with van der Waals surface area (Å²) in [5.74, 6) is 1.22. The highest BCUT2D eigenvalue weighted by atomic mass is 16.5. The molecule has 0 spiro atoms. The molecule has 0 aliphatic carbocycles. The van der Waals surface area contributed by atoms with Crippen molar-refractivity contribution in [2.45, 2.75) is 20.0 Å². The van der Waals surface area contributed by atoms with Crippen molar-refractivity contribution in [1.82, 2.24) is 20.2 Å². The number of aromatic hydroxyl groups is 1. The molecular weight excluding hydrogens is 342 g/mol. The van der Waals surface area contributed by atoms with Crippen molar-refractivity contribution in [3.63, 3.8) is 0 Å². The number of hydrogen-bond acceptors (Lipinski definition) is 6. The highest BCUT2D eigenvalue weighted by Crippen LogP contribution is 2.46. The van der Waals surface area contributed by atoms with Gasteiger partial charge in [0.05, 0.1) is 11.8 Å². The van der Waals surface area contributed by atoms with Crippen molar-refractivity contribution < 1.29 is 9.84 Å². The van der Waals surface area contributed by atoms with Gasteiger partial charge in [-0.1, -0.05) is 26.0 Å². The van der Waals surface area contributed by atoms with Crippen LogP contribution in [0.5, 0.6) is 11.5 Å². The van der Waals surface area contributed by atoms with Gasteiger partial charge in [-0.05, 0) is 23.8 Å². The minimum absolute atomic E-state index is 0.205. The largest absolute Gasteiger partial charge is 0.508 e. The topological polar surface area (TPSA) is 110 Å². The van der Waals surface area contributed by atoms with E-state index in [-0.39, 0.29) is 11.9 Å². The van der Waals surface area contributed by atoms with E-state index in [9.17, 15) is 5.11 Å². The Hall–Kier alpha value is -3.61. The van der Waals surface area contributed by atoms with Crippen LogP contribution in [0.15, 0.2) is 48.9 Å². The SMILES string of the molecule is CC.Nc1nccc2c1-c1cnnc3[nH]cc(c13)C(c1ccc(O)cc1)O2. The second-order valence-electron chi connectivity index (χ2n) is 5.88. The molecule has 0 saturated heterocycles. The Morgan fingerprint density at radius 1 is 1.15 bits per heavy atom. The fourth-order valence-corrected chi connectivity index (χ4v) is 3.31. The number of nitrogen functional groups attached to an aromatic ring is 1. The highest BCUT2D eigenvalue weighted by Gasteiger charge is 2.29. The highest BCUT2D eigenvalue weighted by molar-refractivity contribution is 6.00. The number of ether oxygens (including phenoxy) is 1. The summed E-state index contributed by atoms with van der Waals surface area (Å²) in [5.41, 5.74) is 10.2. The fraction of sp³-hybridized carbons (Fsp3) is 0.150. The molecular formula is C20H19N5O2. The summed E-state index contributed by atoms with van der Waals surface area (Å²) >= 11 is 0. The summed E-state index contributed by atoms with van der Waals surface area (Å²) in [6.45, 7) is 4.00. The van der Waals surface area contributed by atoms with E-state index >= 15 is 0 Å². The van der Waals surface area contributed by atoms with E-state index in [1.165, 1.54) is 0 Å². The second kappa shape index (κ2) is 6.60. The number of rotatable bonds is 1. The third-order valence-corrected chi connectivity index (χ3v) is 4.44. The number of anilines is 1. The number of benzene rings is 1. The second-order valence-corrected chi connectivity index (χ2v) is 5.88. The number of phenolic OH excluding ortho intramolecular Hbond substituents is 1. The van der Waals surface area contributed by atoms with Gasteiger partial charge in [-0.15, -0.1) is 5.10 Å². The van der Waals surface area contributed by atoms with Gasteiger partial charge in [-0.2, -0.15) is 5.10 Å². The minimum atomic E-state index is -0.375. The molecule has 27 heavy (non-hydrogen) atoms. The Bertz CT molecular complexity index is 1110. The number of hydrogen-bond donors (Lipinski definition) is 3. The van der Waals surface area contributed by atoms with E-state index in [1.807, 2.05) is 32.2 Å². The van der Waals surface area contributed by atoms with E-state index in [1.54, 1.807) is 30.6 Å². The molecule has 4 heterocycles. The lowest BCUT2D eigenvalue weighted by Gasteiger charge is -2.19. The van der Waals surface area contributed by atoms with Gasteiger partial charge in [0.25, 0.3) is 0 Å². The summed E-state index contributed by atoms with van der Waals surface area (Å²) < 4.78 is 6.32. The Morgan fingerprint density at radius 2 is 1.93 bits per heavy atom. The molecule has 4 N–H and O–H groups in total. The Kier molecular flexibility index (Phi) is 4.12. The van der Waals surface area contributed by atoms with Gasteiger partial charge in [0.1, 0.15) is 17.3 Å². The van der Waals surface area contributed by atoms with Gasteiger partial charge < -0.3 is 20.6 Å². The van der Waals surface area contributed by atoms with E-state index in [4.69, 9.17) is 10.5 Å². The normalized spacial score (nSPS) is 14.5. The van der Waals surface area contributed by atoms with Crippen LogP contribution in [0.1, 0.15) is 31.1 Å². The number of pyridine rings is 1. The third kappa shape index (κ3) is 2.64. The predicted octanol–water partition coefficient (Wildman–Crippen LogP) is 3.82. The first-order chi connectivity index (χ1) is 13.2. The molecule has 0 fully saturated rings. The average molecular weight is 361 g/mol. The fourth-order valence-electron chi connectivity index (χ4n) is 3.31. The number of H-pyrrole nitrogens is 1. The first-order valence-electron chi connectivity index (χ1n) is 8.75. The van der Waals surface area contributed by atoms with Crippen molar-refractivity contribution in [2.24, 2.45) is 0 Å². The quantitative estimate of drug-likeness (QED) is 0.475. The maximum absolute atomic E-state index is 9.59. The number of aromatic nitrogens is 4. The molecule has 1 unspecified atom stereocenters. The minimum Gasteiger partial charge on any atom is -0.508 e. The number of aromatic amines is 1. The summed E-state index contributed by atoms with van der Waals surface area (Å²) in [6.07, 6.45) is 4.80. The van der Waals surface area contributed by atoms with Crippen LogP contribution < -0.4 is 10.5 Å². The molecule has 4 aromatic rings. The van der Waals surface area contributed by atoms with Crippen LogP contribution in [0.25, 0.3) is 22.2 Å². The van der Waals surface area contributed by atoms with Crippen molar-refractivity contribution in [3.05, 3.63) is 60.0 Å². The van der Waals surface area contributed by atoms with E-state index < -0.39 is 0 Å². The summed E-state index contributed by atoms with van der Waals surface area (Å²) in [7, 11) is 0. The Balaban J connectivity index is 0.000000872. The predicted molar refractivity (Wildman–Crippen MR) is 103 cm³/mol. The van der Waals surface area contributed by atoms with Crippen LogP contribution in [0.4, 0.5) is 5.82 Å². The zero-order valence-corrected chi connectivity index (χ0v) is 15.0. The number of nitrogens with two attached hydrogens (primary N) is 1. The summed E-state index contributed by atoms with van der Waals surface area (Å²) in [6, 6.07) is 8.74. The van der Waals surface area contributed by atoms with Crippen molar-refractivity contribution in [1.29, 1.82) is 0 Å². The van der Waals surface area contributed by atoms with E-state index in [0.29, 0.717) is 22.8 Å². The molecule has 7 heteroatoms. The maximum atomic E-state index is 9.59. The molecule has 0 saturated carbocycles. The van der Waals surface area contributed by atoms with E-state index in [2.05, 4.69) is 20.2 Å². The molecule has 1 atom stereocenters. The first-order valence-corrected chi connectivity index (χ1v) is 8.75. The molecule has 7 nitrogen and oxygen atoms in total. The summed E-state index contributed by atoms with van der Waals surface area (Å²) in [5, 5.41) is 18.7. The lowest BCUT2D eigenvalue weighted by atomic mass is 9.98. The molecule has 1 aromatic carbocycles. The maximum Gasteiger partial charge on any atom is 0.161 e. The van der Waals surface area contributed by atoms with Crippen LogP contribution in [0.2, 0.25) is 0 Å². The molecule has 3 aromatic heterocycles. The zero-order valence-electron chi connectivity index (χ0n) is 15.0. The number of nitrogens with one attached hydrogen (secondary N) is 1. The monoisotopic (exact) mass is 361 g/mol. The van der Waals surface area contributed by atoms with E-state index in [0.717, 1.165) is 22.1 Å². The zero-order chi connectivity index (χ0) is 19.0. The Morgan fingerprint density at radius 3 is 2.70 bits per heavy atom. The molecule has 1 aliphatic heterocycles. The van der Waals surface area contributed by atoms with Crippen LogP contribution in [-0.2, 0) is 0 Å². The number of fused-ring (bicyclic) bond motifs is 2. The van der Waals surface area contributed by atoms with Gasteiger partial charge in [0.2, 0.25) is 0 Å². The van der Waals surface area contributed by atoms with Gasteiger partial charge in [-0.3, -0.25) is 0 Å². The standard InChI is InChI=1S/C18H13N5O2.C2H6/c19-17-15-11-8-22-23-18-14(11)12(7-21-18)16(25-13(15)5-6-20-17)9-1-3-10(24)4-2-9;1-2/h1-8,16,24H,(H2,19,20)(H,21,23);1-2H3. The van der Waals surface area contributed by atoms with Gasteiger partial charge >= 0.3 is 0 Å². The molecule has 136 valence electrons. The molecule has 5 rings (SSSR count). The smallest absolute Gasteiger partial charge is 0.161 e. The van der Waals surface area contributed by atoms with Crippen LogP contribution in [-0.4, -0.2) is 25.3 Å². The van der Waals surface area contributed by atoms with Crippen molar-refractivity contribution in [3.8, 4) is 22.6 Å². The number of phenols is 1. The first kappa shape index (κ1) is 16.8. The van der Waals surface area contributed by atoms with Gasteiger partial charge in [0.15, 0.2) is 11.8 Å². The number of nitrogens with zero attached hydrogens (tertiary/aromatic N) is 3. The molecule has 0 amide bonds. The third-order valence-electron chi connectivity index (χ3n) is 4.44. The Labute approximate surface area is 155 Å². The average Bonchev–Trinajstić information content (AvgIpc) is 3.06. The van der Waals surface area contributed by atoms with Crippen molar-refractivity contribution >= 4 is 16.9 Å². The molecule has 1 aliphatic rings. The lowest BCUT2D eigenvalue weighted by Crippen LogP contribution is -2.08. The lowest BCUT2D eigenvalue weighted by molar-refractivity contribution is 0.251. The summed E-state index contributed by atoms with van der Waals surface area (Å²) in [4.78, 5) is 7.34. The molecule has 0 radical (unpaired) electrons. The van der Waals surface area contributed by atoms with Gasteiger partial charge in [0, 0.05) is 28.9 Å². The van der Waals surface area contributed by atoms with Gasteiger partial charge in [-0.25, -0.2) is 4.98 Å². The van der Waals surface area contributed by atoms with Crippen LogP contribution >= 0.6 is 0 Å². The van der Waals surface area contributed by atoms with Crippen molar-refractivity contribution in [2.75, 3.05) is 5.73 Å². The van der Waals surface area contributed by atoms with Crippen LogP contribution in [0.3, 0.4) is 0 Å².